The van der Waals surface area contributed by atoms with Gasteiger partial charge in [0.25, 0.3) is 0 Å². The third-order valence-corrected chi connectivity index (χ3v) is 2.09. The highest BCUT2D eigenvalue weighted by Crippen LogP contribution is 2.22. The van der Waals surface area contributed by atoms with Crippen molar-refractivity contribution >= 4 is 17.9 Å². The van der Waals surface area contributed by atoms with E-state index in [4.69, 9.17) is 16.1 Å². The van der Waals surface area contributed by atoms with Crippen LogP contribution in [-0.2, 0) is 0 Å². The number of hydrogen-bond acceptors (Lipinski definition) is 3. The van der Waals surface area contributed by atoms with E-state index in [1.807, 2.05) is 0 Å². The van der Waals surface area contributed by atoms with E-state index >= 15 is 0 Å². The van der Waals surface area contributed by atoms with Gasteiger partial charge in [-0.15, -0.1) is 0 Å². The maximum atomic E-state index is 10.6. The van der Waals surface area contributed by atoms with Crippen LogP contribution in [0.3, 0.4) is 0 Å². The first kappa shape index (κ1) is 8.97. The van der Waals surface area contributed by atoms with Crippen molar-refractivity contribution in [3.63, 3.8) is 0 Å². The van der Waals surface area contributed by atoms with E-state index in [0.29, 0.717) is 22.6 Å². The van der Waals surface area contributed by atoms with Crippen LogP contribution in [0, 0.1) is 0 Å². The minimum Gasteiger partial charge on any atom is -0.363 e. The topological polar surface area (TPSA) is 43.1 Å². The molecule has 1 aromatic carbocycles. The molecular weight excluding hydrogens is 202 g/mol. The van der Waals surface area contributed by atoms with E-state index in [1.54, 1.807) is 24.3 Å². The highest BCUT2D eigenvalue weighted by atomic mass is 35.5. The summed E-state index contributed by atoms with van der Waals surface area (Å²) in [5.41, 5.74) is 1.79. The zero-order valence-electron chi connectivity index (χ0n) is 7.11. The standard InChI is InChI=1S/C10H6ClNO2/c11-9-3-1-7(2-4-9)10-8(5-13)6-14-12-10/h1-6H. The van der Waals surface area contributed by atoms with E-state index in [1.165, 1.54) is 6.26 Å². The number of benzene rings is 1. The molecule has 14 heavy (non-hydrogen) atoms. The fourth-order valence-electron chi connectivity index (χ4n) is 1.16. The first-order valence-electron chi connectivity index (χ1n) is 3.97. The van der Waals surface area contributed by atoms with Gasteiger partial charge in [-0.05, 0) is 12.1 Å². The summed E-state index contributed by atoms with van der Waals surface area (Å²) in [5, 5.41) is 4.38. The van der Waals surface area contributed by atoms with Gasteiger partial charge >= 0.3 is 0 Å². The molecular formula is C10H6ClNO2. The summed E-state index contributed by atoms with van der Waals surface area (Å²) in [4.78, 5) is 10.6. The van der Waals surface area contributed by atoms with Gasteiger partial charge < -0.3 is 4.52 Å². The average molecular weight is 208 g/mol. The van der Waals surface area contributed by atoms with Crippen LogP contribution in [0.5, 0.6) is 0 Å². The van der Waals surface area contributed by atoms with Crippen LogP contribution in [0.4, 0.5) is 0 Å². The van der Waals surface area contributed by atoms with Crippen LogP contribution < -0.4 is 0 Å². The zero-order chi connectivity index (χ0) is 9.97. The van der Waals surface area contributed by atoms with E-state index in [-0.39, 0.29) is 0 Å². The summed E-state index contributed by atoms with van der Waals surface area (Å²) < 4.78 is 4.71. The summed E-state index contributed by atoms with van der Waals surface area (Å²) in [6, 6.07) is 7.04. The molecule has 0 radical (unpaired) electrons. The Bertz CT molecular complexity index is 447. The van der Waals surface area contributed by atoms with Crippen molar-refractivity contribution in [3.05, 3.63) is 41.1 Å². The Morgan fingerprint density at radius 3 is 2.64 bits per heavy atom. The molecule has 1 aromatic heterocycles. The van der Waals surface area contributed by atoms with Gasteiger partial charge in [0.2, 0.25) is 0 Å². The second-order valence-corrected chi connectivity index (χ2v) is 3.18. The average Bonchev–Trinajstić information content (AvgIpc) is 2.67. The molecule has 0 bridgehead atoms. The molecule has 0 atom stereocenters. The quantitative estimate of drug-likeness (QED) is 0.712. The van der Waals surface area contributed by atoms with Crippen LogP contribution in [0.25, 0.3) is 11.3 Å². The monoisotopic (exact) mass is 207 g/mol. The molecule has 0 unspecified atom stereocenters. The lowest BCUT2D eigenvalue weighted by molar-refractivity contribution is 0.112. The number of aldehydes is 1. The van der Waals surface area contributed by atoms with Crippen molar-refractivity contribution in [1.82, 2.24) is 5.16 Å². The molecule has 0 N–H and O–H groups in total. The number of nitrogens with zero attached hydrogens (tertiary/aromatic N) is 1. The molecule has 0 spiro atoms. The van der Waals surface area contributed by atoms with Crippen molar-refractivity contribution in [2.75, 3.05) is 0 Å². The Labute approximate surface area is 85.3 Å². The summed E-state index contributed by atoms with van der Waals surface area (Å²) in [5.74, 6) is 0. The Hall–Kier alpha value is -1.61. The second kappa shape index (κ2) is 3.64. The minimum atomic E-state index is 0.437. The summed E-state index contributed by atoms with van der Waals surface area (Å²) in [6.45, 7) is 0. The first-order chi connectivity index (χ1) is 6.81. The molecule has 0 amide bonds. The molecule has 0 aliphatic carbocycles. The molecule has 0 aliphatic rings. The number of hydrogen-bond donors (Lipinski definition) is 0. The van der Waals surface area contributed by atoms with Gasteiger partial charge in [0.05, 0.1) is 5.56 Å². The highest BCUT2D eigenvalue weighted by molar-refractivity contribution is 6.30. The van der Waals surface area contributed by atoms with Gasteiger partial charge in [-0.25, -0.2) is 0 Å². The van der Waals surface area contributed by atoms with Crippen LogP contribution in [0.1, 0.15) is 10.4 Å². The number of aromatic nitrogens is 1. The third-order valence-electron chi connectivity index (χ3n) is 1.84. The van der Waals surface area contributed by atoms with Gasteiger partial charge in [-0.1, -0.05) is 28.9 Å². The lowest BCUT2D eigenvalue weighted by Crippen LogP contribution is -1.83. The predicted molar refractivity (Wildman–Crippen MR) is 52.3 cm³/mol. The van der Waals surface area contributed by atoms with E-state index in [9.17, 15) is 4.79 Å². The highest BCUT2D eigenvalue weighted by Gasteiger charge is 2.08. The maximum absolute atomic E-state index is 10.6. The third kappa shape index (κ3) is 1.54. The van der Waals surface area contributed by atoms with Gasteiger partial charge in [-0.3, -0.25) is 4.79 Å². The molecule has 0 saturated heterocycles. The largest absolute Gasteiger partial charge is 0.363 e. The minimum absolute atomic E-state index is 0.437. The lowest BCUT2D eigenvalue weighted by Gasteiger charge is -1.95. The van der Waals surface area contributed by atoms with Crippen LogP contribution in [0.2, 0.25) is 5.02 Å². The second-order valence-electron chi connectivity index (χ2n) is 2.74. The van der Waals surface area contributed by atoms with Gasteiger partial charge in [0.1, 0.15) is 12.0 Å². The number of halogens is 1. The summed E-state index contributed by atoms with van der Waals surface area (Å²) in [7, 11) is 0. The molecule has 2 aromatic rings. The fourth-order valence-corrected chi connectivity index (χ4v) is 1.28. The van der Waals surface area contributed by atoms with Gasteiger partial charge in [0, 0.05) is 10.6 Å². The van der Waals surface area contributed by atoms with Gasteiger partial charge in [0.15, 0.2) is 6.29 Å². The van der Waals surface area contributed by atoms with Crippen LogP contribution in [0.15, 0.2) is 35.1 Å². The van der Waals surface area contributed by atoms with E-state index in [0.717, 1.165) is 5.56 Å². The van der Waals surface area contributed by atoms with Crippen LogP contribution >= 0.6 is 11.6 Å². The smallest absolute Gasteiger partial charge is 0.155 e. The zero-order valence-corrected chi connectivity index (χ0v) is 7.86. The molecule has 70 valence electrons. The molecule has 0 saturated carbocycles. The predicted octanol–water partition coefficient (Wildman–Crippen LogP) is 2.81. The van der Waals surface area contributed by atoms with Crippen molar-refractivity contribution in [2.45, 2.75) is 0 Å². The van der Waals surface area contributed by atoms with Gasteiger partial charge in [-0.2, -0.15) is 0 Å². The molecule has 1 heterocycles. The summed E-state index contributed by atoms with van der Waals surface area (Å²) >= 11 is 5.73. The normalized spacial score (nSPS) is 10.1. The van der Waals surface area contributed by atoms with E-state index in [2.05, 4.69) is 5.16 Å². The summed E-state index contributed by atoms with van der Waals surface area (Å²) in [6.07, 6.45) is 2.03. The first-order valence-corrected chi connectivity index (χ1v) is 4.34. The maximum Gasteiger partial charge on any atom is 0.155 e. The number of carbonyl (C=O) groups is 1. The molecule has 2 rings (SSSR count). The number of rotatable bonds is 2. The fraction of sp³-hybridized carbons (Fsp3) is 0. The number of carbonyl (C=O) groups excluding carboxylic acids is 1. The Balaban J connectivity index is 2.49. The molecule has 3 nitrogen and oxygen atoms in total. The Kier molecular flexibility index (Phi) is 2.33. The van der Waals surface area contributed by atoms with Crippen molar-refractivity contribution in [1.29, 1.82) is 0 Å². The van der Waals surface area contributed by atoms with Crippen molar-refractivity contribution in [2.24, 2.45) is 0 Å². The SMILES string of the molecule is O=Cc1conc1-c1ccc(Cl)cc1. The molecule has 4 heteroatoms. The van der Waals surface area contributed by atoms with Crippen molar-refractivity contribution in [3.8, 4) is 11.3 Å². The Morgan fingerprint density at radius 2 is 2.00 bits per heavy atom. The molecule has 0 aliphatic heterocycles. The van der Waals surface area contributed by atoms with Crippen molar-refractivity contribution < 1.29 is 9.32 Å². The molecule has 0 fully saturated rings. The van der Waals surface area contributed by atoms with Crippen LogP contribution in [-0.4, -0.2) is 11.4 Å². The lowest BCUT2D eigenvalue weighted by atomic mass is 10.1. The Morgan fingerprint density at radius 1 is 1.29 bits per heavy atom. The van der Waals surface area contributed by atoms with E-state index < -0.39 is 0 Å².